The first-order valence-electron chi connectivity index (χ1n) is 13.3. The molecule has 1 aliphatic rings. The minimum atomic E-state index is -1.18. The van der Waals surface area contributed by atoms with Crippen molar-refractivity contribution in [1.82, 2.24) is 19.9 Å². The largest absolute Gasteiger partial charge is 0.497 e. The van der Waals surface area contributed by atoms with Crippen LogP contribution in [0.5, 0.6) is 5.75 Å². The van der Waals surface area contributed by atoms with E-state index in [0.29, 0.717) is 30.2 Å². The van der Waals surface area contributed by atoms with Crippen LogP contribution in [-0.2, 0) is 27.4 Å². The Morgan fingerprint density at radius 3 is 2.40 bits per heavy atom. The summed E-state index contributed by atoms with van der Waals surface area (Å²) >= 11 is 0. The third-order valence-electron chi connectivity index (χ3n) is 7.24. The summed E-state index contributed by atoms with van der Waals surface area (Å²) in [7, 11) is 1.61. The van der Waals surface area contributed by atoms with E-state index in [9.17, 15) is 9.59 Å². The summed E-state index contributed by atoms with van der Waals surface area (Å²) in [6, 6.07) is 22.7. The van der Waals surface area contributed by atoms with Crippen LogP contribution in [0.25, 0.3) is 11.0 Å². The van der Waals surface area contributed by atoms with Crippen molar-refractivity contribution in [3.8, 4) is 5.75 Å². The van der Waals surface area contributed by atoms with Gasteiger partial charge < -0.3 is 24.6 Å². The first-order valence-corrected chi connectivity index (χ1v) is 13.3. The van der Waals surface area contributed by atoms with Gasteiger partial charge in [-0.2, -0.15) is 0 Å². The van der Waals surface area contributed by atoms with Crippen LogP contribution in [0.4, 0.5) is 11.4 Å². The molecule has 0 saturated carbocycles. The Kier molecular flexibility index (Phi) is 7.97. The number of benzene rings is 3. The average molecular weight is 543 g/mol. The van der Waals surface area contributed by atoms with Crippen molar-refractivity contribution >= 4 is 34.2 Å². The zero-order chi connectivity index (χ0) is 28.1. The summed E-state index contributed by atoms with van der Waals surface area (Å²) in [6.45, 7) is 6.76. The smallest absolute Gasteiger partial charge is 0.249 e. The van der Waals surface area contributed by atoms with Crippen molar-refractivity contribution < 1.29 is 19.1 Å². The monoisotopic (exact) mass is 542 g/mol. The average Bonchev–Trinajstić information content (AvgIpc) is 3.39. The highest BCUT2D eigenvalue weighted by atomic mass is 16.5. The number of para-hydroxylation sites is 1. The van der Waals surface area contributed by atoms with Gasteiger partial charge in [-0.15, -0.1) is 5.10 Å². The number of anilines is 2. The molecule has 0 radical (unpaired) electrons. The number of hydrogen-bond donors (Lipinski definition) is 1. The van der Waals surface area contributed by atoms with Gasteiger partial charge in [-0.25, -0.2) is 4.68 Å². The molecule has 1 aliphatic heterocycles. The fraction of sp³-hybridized carbons (Fsp3) is 0.333. The van der Waals surface area contributed by atoms with Gasteiger partial charge >= 0.3 is 0 Å². The van der Waals surface area contributed by atoms with E-state index < -0.39 is 5.54 Å². The van der Waals surface area contributed by atoms with Crippen LogP contribution >= 0.6 is 0 Å². The summed E-state index contributed by atoms with van der Waals surface area (Å²) in [4.78, 5) is 31.3. The molecule has 0 aliphatic carbocycles. The molecule has 0 spiro atoms. The lowest BCUT2D eigenvalue weighted by Gasteiger charge is -2.37. The zero-order valence-corrected chi connectivity index (χ0v) is 23.0. The Labute approximate surface area is 233 Å². The van der Waals surface area contributed by atoms with Gasteiger partial charge in [-0.1, -0.05) is 29.5 Å². The molecular weight excluding hydrogens is 508 g/mol. The highest BCUT2D eigenvalue weighted by molar-refractivity contribution is 6.00. The second-order valence-corrected chi connectivity index (χ2v) is 10.2. The molecule has 10 heteroatoms. The van der Waals surface area contributed by atoms with Crippen LogP contribution in [0.2, 0.25) is 0 Å². The Morgan fingerprint density at radius 1 is 1.00 bits per heavy atom. The zero-order valence-electron chi connectivity index (χ0n) is 23.0. The number of carbonyl (C=O) groups excluding carboxylic acids is 2. The Bertz CT molecular complexity index is 1460. The second-order valence-electron chi connectivity index (χ2n) is 10.2. The summed E-state index contributed by atoms with van der Waals surface area (Å²) in [5.41, 5.74) is 2.88. The predicted octanol–water partition coefficient (Wildman–Crippen LogP) is 3.72. The van der Waals surface area contributed by atoms with Gasteiger partial charge in [0.25, 0.3) is 0 Å². The minimum absolute atomic E-state index is 0.0539. The van der Waals surface area contributed by atoms with Gasteiger partial charge in [0.1, 0.15) is 23.3 Å². The highest BCUT2D eigenvalue weighted by Crippen LogP contribution is 2.25. The number of ether oxygens (including phenoxy) is 2. The summed E-state index contributed by atoms with van der Waals surface area (Å²) < 4.78 is 12.3. The van der Waals surface area contributed by atoms with E-state index in [0.717, 1.165) is 29.9 Å². The molecule has 4 aromatic rings. The molecule has 1 saturated heterocycles. The van der Waals surface area contributed by atoms with Gasteiger partial charge in [-0.3, -0.25) is 9.59 Å². The summed E-state index contributed by atoms with van der Waals surface area (Å²) in [6.07, 6.45) is 0. The van der Waals surface area contributed by atoms with Crippen LogP contribution < -0.4 is 15.0 Å². The van der Waals surface area contributed by atoms with Crippen LogP contribution in [0.1, 0.15) is 19.4 Å². The van der Waals surface area contributed by atoms with E-state index in [1.807, 2.05) is 72.8 Å². The fourth-order valence-corrected chi connectivity index (χ4v) is 4.74. The minimum Gasteiger partial charge on any atom is -0.497 e. The first-order chi connectivity index (χ1) is 19.3. The molecule has 1 fully saturated rings. The third-order valence-corrected chi connectivity index (χ3v) is 7.24. The van der Waals surface area contributed by atoms with Crippen molar-refractivity contribution in [3.63, 3.8) is 0 Å². The number of nitrogens with one attached hydrogen (secondary N) is 1. The molecule has 0 atom stereocenters. The molecule has 2 heterocycles. The van der Waals surface area contributed by atoms with Gasteiger partial charge in [0.2, 0.25) is 11.8 Å². The molecule has 5 rings (SSSR count). The van der Waals surface area contributed by atoms with Crippen molar-refractivity contribution in [2.24, 2.45) is 0 Å². The summed E-state index contributed by atoms with van der Waals surface area (Å²) in [5, 5.41) is 11.4. The van der Waals surface area contributed by atoms with Crippen molar-refractivity contribution in [1.29, 1.82) is 0 Å². The molecule has 0 unspecified atom stereocenters. The maximum atomic E-state index is 13.8. The van der Waals surface area contributed by atoms with E-state index in [4.69, 9.17) is 9.47 Å². The van der Waals surface area contributed by atoms with Crippen molar-refractivity contribution in [2.45, 2.75) is 32.5 Å². The molecule has 3 aromatic carbocycles. The van der Waals surface area contributed by atoms with Gasteiger partial charge in [-0.05, 0) is 67.9 Å². The van der Waals surface area contributed by atoms with Crippen molar-refractivity contribution in [3.05, 3.63) is 78.4 Å². The predicted molar refractivity (Wildman–Crippen MR) is 153 cm³/mol. The maximum absolute atomic E-state index is 13.8. The lowest BCUT2D eigenvalue weighted by atomic mass is 9.99. The molecule has 0 bridgehead atoms. The quantitative estimate of drug-likeness (QED) is 0.344. The van der Waals surface area contributed by atoms with Crippen LogP contribution in [0.3, 0.4) is 0 Å². The van der Waals surface area contributed by atoms with Gasteiger partial charge in [0.15, 0.2) is 0 Å². The van der Waals surface area contributed by atoms with E-state index >= 15 is 0 Å². The normalized spacial score (nSPS) is 13.7. The Hall–Kier alpha value is -4.44. The number of methoxy groups -OCH3 is 1. The number of hydrogen-bond acceptors (Lipinski definition) is 7. The molecule has 208 valence electrons. The second kappa shape index (κ2) is 11.7. The number of amides is 2. The third kappa shape index (κ3) is 5.91. The molecule has 40 heavy (non-hydrogen) atoms. The number of aromatic nitrogens is 3. The molecule has 1 N–H and O–H groups in total. The molecular formula is C30H34N6O4. The Balaban J connectivity index is 1.36. The van der Waals surface area contributed by atoms with E-state index in [1.165, 1.54) is 0 Å². The van der Waals surface area contributed by atoms with E-state index in [2.05, 4.69) is 20.5 Å². The number of fused-ring (bicyclic) bond motifs is 1. The van der Waals surface area contributed by atoms with E-state index in [1.54, 1.807) is 30.5 Å². The lowest BCUT2D eigenvalue weighted by molar-refractivity contribution is -0.145. The number of carbonyl (C=O) groups is 2. The van der Waals surface area contributed by atoms with E-state index in [-0.39, 0.29) is 24.9 Å². The fourth-order valence-electron chi connectivity index (χ4n) is 4.74. The number of rotatable bonds is 9. The molecule has 1 aromatic heterocycles. The van der Waals surface area contributed by atoms with Crippen LogP contribution in [0.15, 0.2) is 72.8 Å². The standard InChI is InChI=1S/C30H34N6O4/c1-30(2,29(38)31-23-10-12-24(13-11-23)34-16-18-40-19-17-34)35(20-22-8-14-25(39-3)15-9-22)28(37)21-36-27-7-5-4-6-26(27)32-33-36/h4-15H,16-21H2,1-3H3,(H,31,38). The highest BCUT2D eigenvalue weighted by Gasteiger charge is 2.38. The van der Waals surface area contributed by atoms with Crippen LogP contribution in [-0.4, -0.2) is 70.7 Å². The SMILES string of the molecule is COc1ccc(CN(C(=O)Cn2nnc3ccccc32)C(C)(C)C(=O)Nc2ccc(N3CCOCC3)cc2)cc1. The topological polar surface area (TPSA) is 102 Å². The van der Waals surface area contributed by atoms with Crippen molar-refractivity contribution in [2.75, 3.05) is 43.6 Å². The molecule has 2 amide bonds. The number of morpholine rings is 1. The van der Waals surface area contributed by atoms with Gasteiger partial charge in [0, 0.05) is 31.0 Å². The first kappa shape index (κ1) is 27.1. The maximum Gasteiger partial charge on any atom is 0.249 e. The van der Waals surface area contributed by atoms with Gasteiger partial charge in [0.05, 0.1) is 25.8 Å². The molecule has 10 nitrogen and oxygen atoms in total. The Morgan fingerprint density at radius 2 is 1.70 bits per heavy atom. The van der Waals surface area contributed by atoms with Crippen LogP contribution in [0, 0.1) is 0 Å². The number of nitrogens with zero attached hydrogens (tertiary/aromatic N) is 5. The summed E-state index contributed by atoms with van der Waals surface area (Å²) in [5.74, 6) is 0.166. The lowest BCUT2D eigenvalue weighted by Crippen LogP contribution is -2.55.